The van der Waals surface area contributed by atoms with Crippen LogP contribution in [0.25, 0.3) is 10.4 Å². The van der Waals surface area contributed by atoms with Crippen molar-refractivity contribution in [2.24, 2.45) is 0 Å². The van der Waals surface area contributed by atoms with Gasteiger partial charge in [0.2, 0.25) is 0 Å². The van der Waals surface area contributed by atoms with E-state index in [1.165, 1.54) is 17.4 Å². The Kier molecular flexibility index (Phi) is 4.73. The Morgan fingerprint density at radius 3 is 2.12 bits per heavy atom. The number of benzene rings is 1. The fourth-order valence-electron chi connectivity index (χ4n) is 2.06. The van der Waals surface area contributed by atoms with Gasteiger partial charge >= 0.3 is 0 Å². The van der Waals surface area contributed by atoms with E-state index < -0.39 is 5.91 Å². The normalized spacial score (nSPS) is 10.4. The van der Waals surface area contributed by atoms with Crippen molar-refractivity contribution in [3.05, 3.63) is 69.0 Å². The van der Waals surface area contributed by atoms with Gasteiger partial charge in [-0.15, -0.1) is 22.7 Å². The van der Waals surface area contributed by atoms with Gasteiger partial charge < -0.3 is 0 Å². The Hall–Kier alpha value is -2.51. The molecule has 0 unspecified atom stereocenters. The molecule has 0 aliphatic rings. The highest BCUT2D eigenvalue weighted by Gasteiger charge is 2.14. The number of aryl methyl sites for hydroxylation is 1. The zero-order chi connectivity index (χ0) is 17.1. The molecule has 122 valence electrons. The van der Waals surface area contributed by atoms with E-state index in [0.29, 0.717) is 20.2 Å². The maximum atomic E-state index is 13.8. The minimum absolute atomic E-state index is 0.340. The molecular formula is C17H13FN2O2S2. The molecule has 0 atom stereocenters. The van der Waals surface area contributed by atoms with Crippen molar-refractivity contribution in [2.75, 3.05) is 0 Å². The van der Waals surface area contributed by atoms with E-state index in [1.54, 1.807) is 36.4 Å². The van der Waals surface area contributed by atoms with Crippen molar-refractivity contribution < 1.29 is 14.0 Å². The number of amides is 2. The van der Waals surface area contributed by atoms with Crippen LogP contribution in [-0.2, 0) is 0 Å². The summed E-state index contributed by atoms with van der Waals surface area (Å²) < 4.78 is 13.8. The van der Waals surface area contributed by atoms with E-state index >= 15 is 0 Å². The van der Waals surface area contributed by atoms with Crippen molar-refractivity contribution in [3.63, 3.8) is 0 Å². The van der Waals surface area contributed by atoms with Gasteiger partial charge in [0.05, 0.1) is 9.75 Å². The number of hydrazine groups is 1. The van der Waals surface area contributed by atoms with Crippen LogP contribution >= 0.6 is 22.7 Å². The fourth-order valence-corrected chi connectivity index (χ4v) is 3.75. The number of rotatable bonds is 3. The van der Waals surface area contributed by atoms with Gasteiger partial charge in [-0.25, -0.2) is 4.39 Å². The molecular weight excluding hydrogens is 347 g/mol. The number of halogens is 1. The first-order valence-corrected chi connectivity index (χ1v) is 8.70. The molecule has 4 nitrogen and oxygen atoms in total. The second-order valence-electron chi connectivity index (χ2n) is 4.96. The molecule has 3 aromatic rings. The van der Waals surface area contributed by atoms with Gasteiger partial charge in [-0.3, -0.25) is 20.4 Å². The third-order valence-electron chi connectivity index (χ3n) is 3.22. The summed E-state index contributed by atoms with van der Waals surface area (Å²) in [6.45, 7) is 1.90. The lowest BCUT2D eigenvalue weighted by molar-refractivity contribution is 0.0851. The predicted octanol–water partition coefficient (Wildman–Crippen LogP) is 4.00. The average Bonchev–Trinajstić information content (AvgIpc) is 3.22. The molecule has 0 bridgehead atoms. The highest BCUT2D eigenvalue weighted by atomic mass is 32.1. The van der Waals surface area contributed by atoms with E-state index in [9.17, 15) is 14.0 Å². The number of hydrogen-bond acceptors (Lipinski definition) is 4. The van der Waals surface area contributed by atoms with Gasteiger partial charge in [0.25, 0.3) is 11.8 Å². The average molecular weight is 360 g/mol. The lowest BCUT2D eigenvalue weighted by atomic mass is 10.2. The Labute approximate surface area is 145 Å². The second kappa shape index (κ2) is 6.94. The Morgan fingerprint density at radius 2 is 1.50 bits per heavy atom. The molecule has 2 amide bonds. The number of hydrogen-bond donors (Lipinski definition) is 2. The Bertz CT molecular complexity index is 901. The van der Waals surface area contributed by atoms with Crippen molar-refractivity contribution in [1.29, 1.82) is 0 Å². The Balaban J connectivity index is 1.66. The predicted molar refractivity (Wildman–Crippen MR) is 93.7 cm³/mol. The quantitative estimate of drug-likeness (QED) is 0.694. The fraction of sp³-hybridized carbons (Fsp3) is 0.0588. The first-order chi connectivity index (χ1) is 11.5. The number of nitrogens with one attached hydrogen (secondary N) is 2. The topological polar surface area (TPSA) is 58.2 Å². The molecule has 2 aromatic heterocycles. The molecule has 0 saturated carbocycles. The summed E-state index contributed by atoms with van der Waals surface area (Å²) in [5, 5.41) is 0. The first-order valence-electron chi connectivity index (χ1n) is 7.06. The molecule has 0 aliphatic heterocycles. The van der Waals surface area contributed by atoms with Crippen LogP contribution in [0.4, 0.5) is 4.39 Å². The van der Waals surface area contributed by atoms with Gasteiger partial charge in [-0.2, -0.15) is 0 Å². The summed E-state index contributed by atoms with van der Waals surface area (Å²) in [5.74, 6) is -1.15. The summed E-state index contributed by atoms with van der Waals surface area (Å²) in [5.41, 5.74) is 5.19. The summed E-state index contributed by atoms with van der Waals surface area (Å²) >= 11 is 2.50. The third kappa shape index (κ3) is 3.52. The highest BCUT2D eigenvalue weighted by Crippen LogP contribution is 2.29. The van der Waals surface area contributed by atoms with E-state index in [0.717, 1.165) is 16.2 Å². The molecule has 0 saturated heterocycles. The molecule has 0 radical (unpaired) electrons. The zero-order valence-electron chi connectivity index (χ0n) is 12.6. The van der Waals surface area contributed by atoms with Crippen molar-refractivity contribution >= 4 is 34.5 Å². The van der Waals surface area contributed by atoms with Crippen LogP contribution in [0.3, 0.4) is 0 Å². The van der Waals surface area contributed by atoms with Crippen LogP contribution in [0.5, 0.6) is 0 Å². The van der Waals surface area contributed by atoms with Crippen LogP contribution in [-0.4, -0.2) is 11.8 Å². The van der Waals surface area contributed by atoms with E-state index in [1.807, 2.05) is 13.0 Å². The van der Waals surface area contributed by atoms with Crippen molar-refractivity contribution in [3.8, 4) is 10.4 Å². The lowest BCUT2D eigenvalue weighted by Crippen LogP contribution is -2.41. The van der Waals surface area contributed by atoms with Gasteiger partial charge in [-0.05, 0) is 37.3 Å². The van der Waals surface area contributed by atoms with E-state index in [2.05, 4.69) is 10.9 Å². The molecule has 0 spiro atoms. The van der Waals surface area contributed by atoms with E-state index in [-0.39, 0.29) is 11.7 Å². The van der Waals surface area contributed by atoms with E-state index in [4.69, 9.17) is 0 Å². The van der Waals surface area contributed by atoms with Crippen LogP contribution < -0.4 is 10.9 Å². The number of carbonyl (C=O) groups is 2. The number of carbonyl (C=O) groups excluding carboxylic acids is 2. The van der Waals surface area contributed by atoms with Gasteiger partial charge in [0.1, 0.15) is 5.82 Å². The minimum Gasteiger partial charge on any atom is -0.266 e. The third-order valence-corrected chi connectivity index (χ3v) is 5.34. The zero-order valence-corrected chi connectivity index (χ0v) is 14.3. The molecule has 24 heavy (non-hydrogen) atoms. The minimum atomic E-state index is -0.441. The van der Waals surface area contributed by atoms with Crippen LogP contribution in [0.2, 0.25) is 0 Å². The summed E-state index contributed by atoms with van der Waals surface area (Å²) in [4.78, 5) is 26.6. The molecule has 0 aliphatic carbocycles. The second-order valence-corrected chi connectivity index (χ2v) is 7.33. The van der Waals surface area contributed by atoms with Crippen molar-refractivity contribution in [1.82, 2.24) is 10.9 Å². The van der Waals surface area contributed by atoms with Crippen molar-refractivity contribution in [2.45, 2.75) is 6.92 Å². The first kappa shape index (κ1) is 16.4. The van der Waals surface area contributed by atoms with Crippen LogP contribution in [0.1, 0.15) is 24.2 Å². The maximum absolute atomic E-state index is 13.8. The lowest BCUT2D eigenvalue weighted by Gasteiger charge is -2.04. The monoisotopic (exact) mass is 360 g/mol. The molecule has 0 fully saturated rings. The van der Waals surface area contributed by atoms with Gasteiger partial charge in [0.15, 0.2) is 0 Å². The standard InChI is InChI=1S/C17H13FN2O2S2/c1-10-6-7-14(23-10)16(21)19-20-17(22)15-9-8-13(24-15)11-4-2-3-5-12(11)18/h2-9H,1H3,(H,19,21)(H,20,22). The Morgan fingerprint density at radius 1 is 0.875 bits per heavy atom. The largest absolute Gasteiger partial charge is 0.279 e. The molecule has 7 heteroatoms. The molecule has 1 aromatic carbocycles. The molecule has 2 N–H and O–H groups in total. The van der Waals surface area contributed by atoms with Crippen LogP contribution in [0.15, 0.2) is 48.5 Å². The highest BCUT2D eigenvalue weighted by molar-refractivity contribution is 7.17. The number of thiophene rings is 2. The summed E-state index contributed by atoms with van der Waals surface area (Å²) in [7, 11) is 0. The summed E-state index contributed by atoms with van der Waals surface area (Å²) in [6, 6.07) is 13.2. The van der Waals surface area contributed by atoms with Gasteiger partial charge in [0, 0.05) is 15.3 Å². The maximum Gasteiger partial charge on any atom is 0.279 e. The SMILES string of the molecule is Cc1ccc(C(=O)NNC(=O)c2ccc(-c3ccccc3F)s2)s1. The molecule has 2 heterocycles. The molecule has 3 rings (SSSR count). The summed E-state index contributed by atoms with van der Waals surface area (Å²) in [6.07, 6.45) is 0. The smallest absolute Gasteiger partial charge is 0.266 e. The van der Waals surface area contributed by atoms with Crippen LogP contribution in [0, 0.1) is 12.7 Å². The van der Waals surface area contributed by atoms with Gasteiger partial charge in [-0.1, -0.05) is 18.2 Å².